The maximum absolute atomic E-state index is 12.4. The Labute approximate surface area is 168 Å². The summed E-state index contributed by atoms with van der Waals surface area (Å²) in [5.74, 6) is -2.09. The Bertz CT molecular complexity index is 1060. The van der Waals surface area contributed by atoms with Gasteiger partial charge in [-0.1, -0.05) is 12.1 Å². The zero-order valence-electron chi connectivity index (χ0n) is 15.7. The summed E-state index contributed by atoms with van der Waals surface area (Å²) in [7, 11) is -5.37. The second-order valence-corrected chi connectivity index (χ2v) is 9.53. The van der Waals surface area contributed by atoms with E-state index < -0.39 is 37.8 Å². The molecule has 0 amide bonds. The van der Waals surface area contributed by atoms with Gasteiger partial charge in [0.25, 0.3) is 0 Å². The molecule has 0 aliphatic carbocycles. The summed E-state index contributed by atoms with van der Waals surface area (Å²) in [4.78, 5) is 12.4. The fraction of sp³-hybridized carbons (Fsp3) is 0.333. The SMILES string of the molecule is CN(C)S(=O)(=O)Nc1cccc2c1OCCC(C(=O)CS(=O)(=O)ON=C(N)N)=C2. The van der Waals surface area contributed by atoms with Crippen LogP contribution in [0.1, 0.15) is 12.0 Å². The largest absolute Gasteiger partial charge is 0.490 e. The van der Waals surface area contributed by atoms with Gasteiger partial charge in [0, 0.05) is 31.7 Å². The monoisotopic (exact) mass is 447 g/mol. The van der Waals surface area contributed by atoms with E-state index in [1.165, 1.54) is 26.2 Å². The van der Waals surface area contributed by atoms with Crippen molar-refractivity contribution in [3.63, 3.8) is 0 Å². The van der Waals surface area contributed by atoms with Crippen LogP contribution in [0.4, 0.5) is 5.69 Å². The fourth-order valence-electron chi connectivity index (χ4n) is 2.26. The molecule has 0 unspecified atom stereocenters. The Morgan fingerprint density at radius 2 is 1.97 bits per heavy atom. The number of fused-ring (bicyclic) bond motifs is 1. The van der Waals surface area contributed by atoms with Crippen molar-refractivity contribution in [3.8, 4) is 5.75 Å². The standard InChI is InChI=1S/C15H21N5O7S2/c1-20(2)29(24,25)19-12-5-3-4-11-8-10(6-7-26-14(11)12)13(21)9-28(22,23)27-18-15(16)17/h3-5,8,19H,6-7,9H2,1-2H3,(H4,16,17,18). The van der Waals surface area contributed by atoms with Gasteiger partial charge in [-0.15, -0.1) is 0 Å². The summed E-state index contributed by atoms with van der Waals surface area (Å²) in [5.41, 5.74) is 10.7. The molecular formula is C15H21N5O7S2. The van der Waals surface area contributed by atoms with Gasteiger partial charge in [-0.3, -0.25) is 13.8 Å². The van der Waals surface area contributed by atoms with Gasteiger partial charge in [-0.25, -0.2) is 0 Å². The summed E-state index contributed by atoms with van der Waals surface area (Å²) in [6.45, 7) is 0.0279. The van der Waals surface area contributed by atoms with E-state index in [4.69, 9.17) is 16.2 Å². The first kappa shape index (κ1) is 22.4. The van der Waals surface area contributed by atoms with Crippen molar-refractivity contribution in [3.05, 3.63) is 29.3 Å². The number of nitrogens with zero attached hydrogens (tertiary/aromatic N) is 2. The molecule has 1 aliphatic rings. The summed E-state index contributed by atoms with van der Waals surface area (Å²) < 4.78 is 61.0. The smallest absolute Gasteiger partial charge is 0.336 e. The number of ketones is 1. The first-order valence-electron chi connectivity index (χ1n) is 8.11. The molecular weight excluding hydrogens is 426 g/mol. The predicted molar refractivity (Wildman–Crippen MR) is 106 cm³/mol. The number of para-hydroxylation sites is 1. The second-order valence-electron chi connectivity index (χ2n) is 6.10. The van der Waals surface area contributed by atoms with Gasteiger partial charge in [0.05, 0.1) is 12.3 Å². The van der Waals surface area contributed by atoms with Crippen LogP contribution in [-0.4, -0.2) is 59.3 Å². The van der Waals surface area contributed by atoms with Crippen molar-refractivity contribution in [2.45, 2.75) is 6.42 Å². The summed E-state index contributed by atoms with van der Waals surface area (Å²) in [6.07, 6.45) is 1.54. The van der Waals surface area contributed by atoms with Gasteiger partial charge in [-0.2, -0.15) is 21.1 Å². The second kappa shape index (κ2) is 8.67. The molecule has 0 aromatic heterocycles. The van der Waals surface area contributed by atoms with Gasteiger partial charge in [0.1, 0.15) is 0 Å². The van der Waals surface area contributed by atoms with E-state index in [0.717, 1.165) is 4.31 Å². The third kappa shape index (κ3) is 6.07. The number of benzene rings is 1. The highest BCUT2D eigenvalue weighted by Gasteiger charge is 2.25. The van der Waals surface area contributed by atoms with Crippen molar-refractivity contribution in [1.29, 1.82) is 0 Å². The minimum absolute atomic E-state index is 0.0279. The highest BCUT2D eigenvalue weighted by Crippen LogP contribution is 2.34. The van der Waals surface area contributed by atoms with Crippen molar-refractivity contribution in [2.24, 2.45) is 16.6 Å². The summed E-state index contributed by atoms with van der Waals surface area (Å²) in [6, 6.07) is 4.68. The molecule has 1 aromatic carbocycles. The van der Waals surface area contributed by atoms with Crippen LogP contribution >= 0.6 is 0 Å². The van der Waals surface area contributed by atoms with E-state index in [1.54, 1.807) is 12.1 Å². The number of ether oxygens (including phenoxy) is 1. The third-order valence-electron chi connectivity index (χ3n) is 3.63. The number of hydrogen-bond donors (Lipinski definition) is 3. The highest BCUT2D eigenvalue weighted by atomic mass is 32.2. The zero-order chi connectivity index (χ0) is 21.8. The maximum atomic E-state index is 12.4. The molecule has 0 fully saturated rings. The number of nitrogens with two attached hydrogens (primary N) is 2. The Morgan fingerprint density at radius 3 is 2.59 bits per heavy atom. The van der Waals surface area contributed by atoms with Gasteiger partial charge in [0.15, 0.2) is 17.3 Å². The molecule has 160 valence electrons. The van der Waals surface area contributed by atoms with Crippen LogP contribution in [0.5, 0.6) is 5.75 Å². The molecule has 0 atom stereocenters. The lowest BCUT2D eigenvalue weighted by Crippen LogP contribution is -2.29. The quantitative estimate of drug-likeness (QED) is 0.260. The van der Waals surface area contributed by atoms with Crippen LogP contribution in [-0.2, 0) is 29.4 Å². The van der Waals surface area contributed by atoms with Gasteiger partial charge >= 0.3 is 20.3 Å². The molecule has 1 aliphatic heterocycles. The van der Waals surface area contributed by atoms with Crippen LogP contribution in [0.2, 0.25) is 0 Å². The molecule has 0 saturated carbocycles. The molecule has 0 spiro atoms. The predicted octanol–water partition coefficient (Wildman–Crippen LogP) is -0.825. The van der Waals surface area contributed by atoms with Crippen molar-refractivity contribution < 1.29 is 30.7 Å². The minimum atomic E-state index is -4.33. The number of rotatable bonds is 8. The van der Waals surface area contributed by atoms with Crippen LogP contribution in [0.15, 0.2) is 28.9 Å². The normalized spacial score (nSPS) is 14.1. The number of guanidine groups is 1. The first-order chi connectivity index (χ1) is 13.4. The number of hydrogen-bond acceptors (Lipinski definition) is 8. The Kier molecular flexibility index (Phi) is 6.71. The topological polar surface area (TPSA) is 183 Å². The Balaban J connectivity index is 2.30. The third-order valence-corrected chi connectivity index (χ3v) is 5.99. The van der Waals surface area contributed by atoms with Gasteiger partial charge in [0.2, 0.25) is 5.96 Å². The van der Waals surface area contributed by atoms with Gasteiger partial charge < -0.3 is 16.2 Å². The summed E-state index contributed by atoms with van der Waals surface area (Å²) >= 11 is 0. The number of anilines is 1. The Morgan fingerprint density at radius 1 is 1.28 bits per heavy atom. The molecule has 0 bridgehead atoms. The molecule has 5 N–H and O–H groups in total. The number of carbonyl (C=O) groups is 1. The van der Waals surface area contributed by atoms with Gasteiger partial charge in [-0.05, 0) is 17.3 Å². The minimum Gasteiger partial charge on any atom is -0.490 e. The number of oxime groups is 1. The highest BCUT2D eigenvalue weighted by molar-refractivity contribution is 7.90. The molecule has 29 heavy (non-hydrogen) atoms. The van der Waals surface area contributed by atoms with E-state index in [2.05, 4.69) is 14.2 Å². The van der Waals surface area contributed by atoms with E-state index in [9.17, 15) is 21.6 Å². The van der Waals surface area contributed by atoms with Crippen molar-refractivity contribution in [1.82, 2.24) is 4.31 Å². The first-order valence-corrected chi connectivity index (χ1v) is 11.1. The molecule has 1 heterocycles. The zero-order valence-corrected chi connectivity index (χ0v) is 17.3. The van der Waals surface area contributed by atoms with E-state index in [-0.39, 0.29) is 30.0 Å². The van der Waals surface area contributed by atoms with Crippen LogP contribution in [0.25, 0.3) is 6.08 Å². The lowest BCUT2D eigenvalue weighted by atomic mass is 10.1. The average Bonchev–Trinajstić information content (AvgIpc) is 2.83. The van der Waals surface area contributed by atoms with Crippen molar-refractivity contribution in [2.75, 3.05) is 31.2 Å². The number of Topliss-reactive ketones (excluding diaryl/α,β-unsaturated/α-hetero) is 1. The van der Waals surface area contributed by atoms with Crippen LogP contribution in [0.3, 0.4) is 0 Å². The molecule has 0 radical (unpaired) electrons. The molecule has 1 aromatic rings. The van der Waals surface area contributed by atoms with Crippen LogP contribution in [0, 0.1) is 0 Å². The molecule has 12 nitrogen and oxygen atoms in total. The van der Waals surface area contributed by atoms with Crippen molar-refractivity contribution >= 4 is 43.8 Å². The average molecular weight is 447 g/mol. The molecule has 0 saturated heterocycles. The molecule has 14 heteroatoms. The van der Waals surface area contributed by atoms with Crippen LogP contribution < -0.4 is 20.9 Å². The van der Waals surface area contributed by atoms with E-state index in [1.807, 2.05) is 0 Å². The lowest BCUT2D eigenvalue weighted by Gasteiger charge is -2.17. The number of nitrogens with one attached hydrogen (secondary N) is 1. The molecule has 2 rings (SSSR count). The Hall–Kier alpha value is -2.84. The summed E-state index contributed by atoms with van der Waals surface area (Å²) in [5, 5.41) is 2.93. The lowest BCUT2D eigenvalue weighted by molar-refractivity contribution is -0.113. The number of carbonyl (C=O) groups excluding carboxylic acids is 1. The van der Waals surface area contributed by atoms with E-state index >= 15 is 0 Å². The fourth-order valence-corrected chi connectivity index (χ4v) is 3.64. The maximum Gasteiger partial charge on any atom is 0.336 e. The van der Waals surface area contributed by atoms with E-state index in [0.29, 0.717) is 5.56 Å².